The van der Waals surface area contributed by atoms with Gasteiger partial charge in [0.1, 0.15) is 0 Å². The van der Waals surface area contributed by atoms with Crippen molar-refractivity contribution in [3.8, 4) is 0 Å². The van der Waals surface area contributed by atoms with E-state index in [9.17, 15) is 4.79 Å². The van der Waals surface area contributed by atoms with E-state index in [0.717, 1.165) is 19.3 Å². The molecule has 0 unspecified atom stereocenters. The third-order valence-corrected chi connectivity index (χ3v) is 2.69. The van der Waals surface area contributed by atoms with E-state index in [-0.39, 0.29) is 12.5 Å². The second-order valence-electron chi connectivity index (χ2n) is 4.10. The van der Waals surface area contributed by atoms with Gasteiger partial charge in [-0.25, -0.2) is 0 Å². The molecule has 0 aliphatic heterocycles. The summed E-state index contributed by atoms with van der Waals surface area (Å²) < 4.78 is 0. The fourth-order valence-corrected chi connectivity index (χ4v) is 1.64. The number of para-hydroxylation sites is 1. The molecule has 1 aromatic rings. The Bertz CT molecular complexity index is 366. The van der Waals surface area contributed by atoms with Gasteiger partial charge in [-0.3, -0.25) is 4.79 Å². The maximum absolute atomic E-state index is 12.0. The Morgan fingerprint density at radius 3 is 2.65 bits per heavy atom. The number of carbonyl (C=O) groups excluding carboxylic acids is 1. The average Bonchev–Trinajstić information content (AvgIpc) is 2.34. The first kappa shape index (κ1) is 13.5. The van der Waals surface area contributed by atoms with E-state index in [2.05, 4.69) is 0 Å². The number of nitrogen functional groups attached to an aromatic ring is 1. The fourth-order valence-electron chi connectivity index (χ4n) is 1.64. The normalized spacial score (nSPS) is 10.2. The number of benzene rings is 1. The summed E-state index contributed by atoms with van der Waals surface area (Å²) in [6.07, 6.45) is 2.61. The lowest BCUT2D eigenvalue weighted by Crippen LogP contribution is -2.28. The van der Waals surface area contributed by atoms with Crippen molar-refractivity contribution in [1.29, 1.82) is 0 Å². The summed E-state index contributed by atoms with van der Waals surface area (Å²) in [6, 6.07) is 7.09. The van der Waals surface area contributed by atoms with Gasteiger partial charge in [0.2, 0.25) is 0 Å². The molecular formula is C13H20N2O2. The number of rotatable bonds is 6. The number of hydrogen-bond acceptors (Lipinski definition) is 3. The minimum atomic E-state index is -0.0490. The van der Waals surface area contributed by atoms with Crippen molar-refractivity contribution in [3.05, 3.63) is 29.8 Å². The molecule has 94 valence electrons. The molecule has 4 nitrogen and oxygen atoms in total. The van der Waals surface area contributed by atoms with E-state index in [4.69, 9.17) is 10.8 Å². The number of aliphatic hydroxyl groups excluding tert-OH is 1. The largest absolute Gasteiger partial charge is 0.398 e. The fraction of sp³-hybridized carbons (Fsp3) is 0.462. The Morgan fingerprint density at radius 2 is 2.00 bits per heavy atom. The molecule has 0 aromatic heterocycles. The number of unbranched alkanes of at least 4 members (excludes halogenated alkanes) is 2. The molecule has 4 heteroatoms. The van der Waals surface area contributed by atoms with Crippen molar-refractivity contribution in [2.45, 2.75) is 19.3 Å². The van der Waals surface area contributed by atoms with E-state index in [1.165, 1.54) is 0 Å². The first-order chi connectivity index (χ1) is 8.16. The molecule has 1 amide bonds. The zero-order valence-corrected chi connectivity index (χ0v) is 10.2. The quantitative estimate of drug-likeness (QED) is 0.581. The highest BCUT2D eigenvalue weighted by molar-refractivity contribution is 5.98. The van der Waals surface area contributed by atoms with E-state index >= 15 is 0 Å². The molecule has 0 radical (unpaired) electrons. The molecule has 0 bridgehead atoms. The monoisotopic (exact) mass is 236 g/mol. The van der Waals surface area contributed by atoms with E-state index in [0.29, 0.717) is 17.8 Å². The van der Waals surface area contributed by atoms with Crippen LogP contribution in [0.25, 0.3) is 0 Å². The van der Waals surface area contributed by atoms with Gasteiger partial charge in [-0.15, -0.1) is 0 Å². The highest BCUT2D eigenvalue weighted by Crippen LogP contribution is 2.13. The van der Waals surface area contributed by atoms with E-state index in [1.807, 2.05) is 12.1 Å². The Balaban J connectivity index is 2.49. The SMILES string of the molecule is CN(CCCCCO)C(=O)c1ccccc1N. The van der Waals surface area contributed by atoms with Crippen molar-refractivity contribution in [1.82, 2.24) is 4.90 Å². The average molecular weight is 236 g/mol. The maximum atomic E-state index is 12.0. The van der Waals surface area contributed by atoms with Crippen LogP contribution in [0.2, 0.25) is 0 Å². The standard InChI is InChI=1S/C13H20N2O2/c1-15(9-5-2-6-10-16)13(17)11-7-3-4-8-12(11)14/h3-4,7-8,16H,2,5-6,9-10,14H2,1H3. The van der Waals surface area contributed by atoms with Gasteiger partial charge in [0.15, 0.2) is 0 Å². The summed E-state index contributed by atoms with van der Waals surface area (Å²) in [7, 11) is 1.77. The zero-order chi connectivity index (χ0) is 12.7. The van der Waals surface area contributed by atoms with Crippen LogP contribution in [0.15, 0.2) is 24.3 Å². The molecule has 0 aliphatic rings. The lowest BCUT2D eigenvalue weighted by Gasteiger charge is -2.17. The van der Waals surface area contributed by atoms with Crippen molar-refractivity contribution < 1.29 is 9.90 Å². The second kappa shape index (κ2) is 6.91. The van der Waals surface area contributed by atoms with Gasteiger partial charge in [0.25, 0.3) is 5.91 Å². The van der Waals surface area contributed by atoms with Gasteiger partial charge >= 0.3 is 0 Å². The van der Waals surface area contributed by atoms with Crippen molar-refractivity contribution in [2.75, 3.05) is 25.9 Å². The Hall–Kier alpha value is -1.55. The molecule has 0 fully saturated rings. The number of hydrogen-bond donors (Lipinski definition) is 2. The zero-order valence-electron chi connectivity index (χ0n) is 10.2. The minimum Gasteiger partial charge on any atom is -0.398 e. The molecule has 0 aliphatic carbocycles. The van der Waals surface area contributed by atoms with Crippen LogP contribution < -0.4 is 5.73 Å². The number of nitrogens with zero attached hydrogens (tertiary/aromatic N) is 1. The summed E-state index contributed by atoms with van der Waals surface area (Å²) in [6.45, 7) is 0.899. The number of aliphatic hydroxyl groups is 1. The molecular weight excluding hydrogens is 216 g/mol. The van der Waals surface area contributed by atoms with E-state index in [1.54, 1.807) is 24.1 Å². The highest BCUT2D eigenvalue weighted by Gasteiger charge is 2.13. The van der Waals surface area contributed by atoms with Crippen LogP contribution >= 0.6 is 0 Å². The minimum absolute atomic E-state index is 0.0490. The third-order valence-electron chi connectivity index (χ3n) is 2.69. The smallest absolute Gasteiger partial charge is 0.255 e. The molecule has 0 saturated carbocycles. The van der Waals surface area contributed by atoms with Crippen LogP contribution in [-0.4, -0.2) is 36.1 Å². The summed E-state index contributed by atoms with van der Waals surface area (Å²) in [5, 5.41) is 8.66. The summed E-state index contributed by atoms with van der Waals surface area (Å²) in [5.74, 6) is -0.0490. The Kier molecular flexibility index (Phi) is 5.49. The number of nitrogens with two attached hydrogens (primary N) is 1. The van der Waals surface area contributed by atoms with Crippen molar-refractivity contribution in [2.24, 2.45) is 0 Å². The van der Waals surface area contributed by atoms with Crippen LogP contribution in [0, 0.1) is 0 Å². The predicted molar refractivity (Wildman–Crippen MR) is 68.8 cm³/mol. The molecule has 17 heavy (non-hydrogen) atoms. The topological polar surface area (TPSA) is 66.6 Å². The van der Waals surface area contributed by atoms with Crippen molar-refractivity contribution >= 4 is 11.6 Å². The van der Waals surface area contributed by atoms with Gasteiger partial charge in [0, 0.05) is 25.9 Å². The van der Waals surface area contributed by atoms with Gasteiger partial charge < -0.3 is 15.7 Å². The van der Waals surface area contributed by atoms with Gasteiger partial charge in [-0.1, -0.05) is 12.1 Å². The molecule has 0 heterocycles. The first-order valence-corrected chi connectivity index (χ1v) is 5.87. The summed E-state index contributed by atoms with van der Waals surface area (Å²) >= 11 is 0. The molecule has 0 spiro atoms. The van der Waals surface area contributed by atoms with Gasteiger partial charge in [-0.05, 0) is 31.4 Å². The number of anilines is 1. The van der Waals surface area contributed by atoms with Gasteiger partial charge in [-0.2, -0.15) is 0 Å². The molecule has 3 N–H and O–H groups in total. The Labute approximate surface area is 102 Å². The van der Waals surface area contributed by atoms with E-state index < -0.39 is 0 Å². The van der Waals surface area contributed by atoms with Crippen LogP contribution in [0.5, 0.6) is 0 Å². The lowest BCUT2D eigenvalue weighted by molar-refractivity contribution is 0.0793. The molecule has 0 atom stereocenters. The van der Waals surface area contributed by atoms with Crippen LogP contribution in [0.4, 0.5) is 5.69 Å². The summed E-state index contributed by atoms with van der Waals surface area (Å²) in [4.78, 5) is 13.7. The highest BCUT2D eigenvalue weighted by atomic mass is 16.2. The number of carbonyl (C=O) groups is 1. The summed E-state index contributed by atoms with van der Waals surface area (Å²) in [5.41, 5.74) is 6.82. The predicted octanol–water partition coefficient (Wildman–Crippen LogP) is 1.50. The first-order valence-electron chi connectivity index (χ1n) is 5.87. The third kappa shape index (κ3) is 4.07. The molecule has 0 saturated heterocycles. The Morgan fingerprint density at radius 1 is 1.29 bits per heavy atom. The molecule has 1 aromatic carbocycles. The lowest BCUT2D eigenvalue weighted by atomic mass is 10.1. The maximum Gasteiger partial charge on any atom is 0.255 e. The van der Waals surface area contributed by atoms with Crippen molar-refractivity contribution in [3.63, 3.8) is 0 Å². The molecule has 1 rings (SSSR count). The van der Waals surface area contributed by atoms with Crippen LogP contribution in [0.1, 0.15) is 29.6 Å². The van der Waals surface area contributed by atoms with Gasteiger partial charge in [0.05, 0.1) is 5.56 Å². The van der Waals surface area contributed by atoms with Crippen LogP contribution in [0.3, 0.4) is 0 Å². The number of amides is 1. The second-order valence-corrected chi connectivity index (χ2v) is 4.10. The van der Waals surface area contributed by atoms with Crippen LogP contribution in [-0.2, 0) is 0 Å².